The van der Waals surface area contributed by atoms with E-state index in [1.54, 1.807) is 6.07 Å². The van der Waals surface area contributed by atoms with E-state index >= 15 is 0 Å². The van der Waals surface area contributed by atoms with E-state index < -0.39 is 11.7 Å². The molecule has 19 heavy (non-hydrogen) atoms. The Bertz CT molecular complexity index is 457. The fraction of sp³-hybridized carbons (Fsp3) is 0.571. The molecule has 0 spiro atoms. The molecule has 0 aromatic heterocycles. The van der Waals surface area contributed by atoms with E-state index in [0.717, 1.165) is 36.6 Å². The molecule has 1 aliphatic rings. The quantitative estimate of drug-likeness (QED) is 0.916. The highest BCUT2D eigenvalue weighted by Gasteiger charge is 2.41. The van der Waals surface area contributed by atoms with Crippen LogP contribution >= 0.6 is 0 Å². The van der Waals surface area contributed by atoms with Gasteiger partial charge in [-0.2, -0.15) is 13.2 Å². The molecule has 0 saturated heterocycles. The number of hydrogen-bond donors (Lipinski definition) is 1. The zero-order valence-electron chi connectivity index (χ0n) is 11.2. The van der Waals surface area contributed by atoms with Gasteiger partial charge >= 0.3 is 6.18 Å². The molecule has 1 aromatic rings. The molecular weight excluding hydrogens is 253 g/mol. The molecule has 0 heterocycles. The van der Waals surface area contributed by atoms with Crippen LogP contribution in [0.15, 0.2) is 18.2 Å². The lowest BCUT2D eigenvalue weighted by molar-refractivity contribution is -0.137. The molecular formula is C14H19F3N2. The zero-order chi connectivity index (χ0) is 14.3. The molecule has 0 amide bonds. The third-order valence-corrected chi connectivity index (χ3v) is 4.08. The highest BCUT2D eigenvalue weighted by Crippen LogP contribution is 2.47. The van der Waals surface area contributed by atoms with Crippen molar-refractivity contribution in [3.05, 3.63) is 29.3 Å². The highest BCUT2D eigenvalue weighted by molar-refractivity contribution is 5.58. The maximum absolute atomic E-state index is 12.9. The SMILES string of the molecule is CN(C)c1ccc(C(F)(F)F)cc1C1(CN)CCC1. The van der Waals surface area contributed by atoms with Gasteiger partial charge in [0.2, 0.25) is 0 Å². The lowest BCUT2D eigenvalue weighted by Crippen LogP contribution is -2.42. The van der Waals surface area contributed by atoms with Crippen molar-refractivity contribution < 1.29 is 13.2 Å². The monoisotopic (exact) mass is 272 g/mol. The van der Waals surface area contributed by atoms with Gasteiger partial charge in [0.1, 0.15) is 0 Å². The van der Waals surface area contributed by atoms with Crippen LogP contribution in [0.3, 0.4) is 0 Å². The van der Waals surface area contributed by atoms with Crippen molar-refractivity contribution in [2.45, 2.75) is 30.9 Å². The van der Waals surface area contributed by atoms with Gasteiger partial charge in [0, 0.05) is 31.7 Å². The number of alkyl halides is 3. The standard InChI is InChI=1S/C14H19F3N2/c1-19(2)12-5-4-10(14(15,16)17)8-11(12)13(9-18)6-3-7-13/h4-5,8H,3,6-7,9,18H2,1-2H3. The molecule has 106 valence electrons. The number of hydrogen-bond acceptors (Lipinski definition) is 2. The maximum atomic E-state index is 12.9. The highest BCUT2D eigenvalue weighted by atomic mass is 19.4. The first-order valence-electron chi connectivity index (χ1n) is 6.39. The molecule has 0 bridgehead atoms. The van der Waals surface area contributed by atoms with Gasteiger partial charge in [0.25, 0.3) is 0 Å². The fourth-order valence-electron chi connectivity index (χ4n) is 2.71. The van der Waals surface area contributed by atoms with E-state index in [0.29, 0.717) is 6.54 Å². The molecule has 0 radical (unpaired) electrons. The smallest absolute Gasteiger partial charge is 0.377 e. The molecule has 1 aliphatic carbocycles. The van der Waals surface area contributed by atoms with Crippen LogP contribution < -0.4 is 10.6 Å². The van der Waals surface area contributed by atoms with E-state index in [2.05, 4.69) is 0 Å². The van der Waals surface area contributed by atoms with Gasteiger partial charge in [-0.05, 0) is 36.6 Å². The van der Waals surface area contributed by atoms with E-state index in [1.807, 2.05) is 19.0 Å². The zero-order valence-corrected chi connectivity index (χ0v) is 11.2. The van der Waals surface area contributed by atoms with Crippen LogP contribution in [0.2, 0.25) is 0 Å². The Labute approximate surface area is 111 Å². The number of benzene rings is 1. The molecule has 0 atom stereocenters. The van der Waals surface area contributed by atoms with E-state index in [9.17, 15) is 13.2 Å². The third kappa shape index (κ3) is 2.43. The van der Waals surface area contributed by atoms with E-state index in [4.69, 9.17) is 5.73 Å². The van der Waals surface area contributed by atoms with Gasteiger partial charge in [0.05, 0.1) is 5.56 Å². The Morgan fingerprint density at radius 3 is 2.26 bits per heavy atom. The average Bonchev–Trinajstić information content (AvgIpc) is 2.26. The second kappa shape index (κ2) is 4.71. The molecule has 2 rings (SSSR count). The second-order valence-corrected chi connectivity index (χ2v) is 5.46. The minimum atomic E-state index is -4.31. The van der Waals surface area contributed by atoms with Crippen molar-refractivity contribution in [3.8, 4) is 0 Å². The first kappa shape index (κ1) is 14.2. The summed E-state index contributed by atoms with van der Waals surface area (Å²) >= 11 is 0. The van der Waals surface area contributed by atoms with Gasteiger partial charge in [-0.1, -0.05) is 6.42 Å². The lowest BCUT2D eigenvalue weighted by atomic mass is 9.63. The summed E-state index contributed by atoms with van der Waals surface area (Å²) in [6.45, 7) is 0.398. The Kier molecular flexibility index (Phi) is 3.51. The summed E-state index contributed by atoms with van der Waals surface area (Å²) in [5.74, 6) is 0. The molecule has 1 aromatic carbocycles. The van der Waals surface area contributed by atoms with Crippen LogP contribution in [-0.2, 0) is 11.6 Å². The van der Waals surface area contributed by atoms with Crippen LogP contribution in [0.25, 0.3) is 0 Å². The molecule has 2 nitrogen and oxygen atoms in total. The topological polar surface area (TPSA) is 29.3 Å². The summed E-state index contributed by atoms with van der Waals surface area (Å²) in [5, 5.41) is 0. The normalized spacial score (nSPS) is 18.0. The summed E-state index contributed by atoms with van der Waals surface area (Å²) < 4.78 is 38.6. The predicted octanol–water partition coefficient (Wildman–Crippen LogP) is 3.15. The molecule has 0 unspecified atom stereocenters. The molecule has 0 aliphatic heterocycles. The first-order valence-corrected chi connectivity index (χ1v) is 6.39. The number of anilines is 1. The fourth-order valence-corrected chi connectivity index (χ4v) is 2.71. The predicted molar refractivity (Wildman–Crippen MR) is 70.4 cm³/mol. The second-order valence-electron chi connectivity index (χ2n) is 5.46. The van der Waals surface area contributed by atoms with Gasteiger partial charge in [0.15, 0.2) is 0 Å². The van der Waals surface area contributed by atoms with Crippen LogP contribution in [0.4, 0.5) is 18.9 Å². The van der Waals surface area contributed by atoms with E-state index in [-0.39, 0.29) is 5.41 Å². The Hall–Kier alpha value is -1.23. The van der Waals surface area contributed by atoms with Crippen molar-refractivity contribution in [1.29, 1.82) is 0 Å². The number of halogens is 3. The molecule has 2 N–H and O–H groups in total. The van der Waals surface area contributed by atoms with Crippen LogP contribution in [0.1, 0.15) is 30.4 Å². The summed E-state index contributed by atoms with van der Waals surface area (Å²) in [4.78, 5) is 1.85. The largest absolute Gasteiger partial charge is 0.416 e. The van der Waals surface area contributed by atoms with Crippen molar-refractivity contribution in [1.82, 2.24) is 0 Å². The molecule has 1 fully saturated rings. The van der Waals surface area contributed by atoms with Crippen molar-refractivity contribution in [2.75, 3.05) is 25.5 Å². The van der Waals surface area contributed by atoms with Crippen molar-refractivity contribution >= 4 is 5.69 Å². The van der Waals surface area contributed by atoms with E-state index in [1.165, 1.54) is 6.07 Å². The number of rotatable bonds is 3. The Morgan fingerprint density at radius 1 is 1.26 bits per heavy atom. The number of nitrogens with zero attached hydrogens (tertiary/aromatic N) is 1. The average molecular weight is 272 g/mol. The van der Waals surface area contributed by atoms with Crippen molar-refractivity contribution in [3.63, 3.8) is 0 Å². The van der Waals surface area contributed by atoms with Crippen LogP contribution in [0, 0.1) is 0 Å². The van der Waals surface area contributed by atoms with Gasteiger partial charge in [-0.3, -0.25) is 0 Å². The van der Waals surface area contributed by atoms with Crippen LogP contribution in [0.5, 0.6) is 0 Å². The van der Waals surface area contributed by atoms with Crippen molar-refractivity contribution in [2.24, 2.45) is 5.73 Å². The number of nitrogens with two attached hydrogens (primary N) is 1. The minimum absolute atomic E-state index is 0.277. The maximum Gasteiger partial charge on any atom is 0.416 e. The molecule has 5 heteroatoms. The van der Waals surface area contributed by atoms with Gasteiger partial charge in [-0.15, -0.1) is 0 Å². The summed E-state index contributed by atoms with van der Waals surface area (Å²) in [6, 6.07) is 3.97. The Balaban J connectivity index is 2.54. The Morgan fingerprint density at radius 2 is 1.89 bits per heavy atom. The summed E-state index contributed by atoms with van der Waals surface area (Å²) in [6.07, 6.45) is -1.54. The summed E-state index contributed by atoms with van der Waals surface area (Å²) in [7, 11) is 3.68. The third-order valence-electron chi connectivity index (χ3n) is 4.08. The lowest BCUT2D eigenvalue weighted by Gasteiger charge is -2.43. The summed E-state index contributed by atoms with van der Waals surface area (Å²) in [5.41, 5.74) is 6.53. The minimum Gasteiger partial charge on any atom is -0.377 e. The first-order chi connectivity index (χ1) is 8.80. The molecule has 1 saturated carbocycles. The van der Waals surface area contributed by atoms with Gasteiger partial charge < -0.3 is 10.6 Å². The van der Waals surface area contributed by atoms with Gasteiger partial charge in [-0.25, -0.2) is 0 Å². The van der Waals surface area contributed by atoms with Crippen LogP contribution in [-0.4, -0.2) is 20.6 Å².